The van der Waals surface area contributed by atoms with Crippen molar-refractivity contribution >= 4 is 23.3 Å². The van der Waals surface area contributed by atoms with Crippen LogP contribution in [0.5, 0.6) is 0 Å². The average molecular weight is 323 g/mol. The number of carbonyl (C=O) groups excluding carboxylic acids is 3. The van der Waals surface area contributed by atoms with Gasteiger partial charge in [0.1, 0.15) is 0 Å². The van der Waals surface area contributed by atoms with Crippen molar-refractivity contribution in [2.75, 3.05) is 0 Å². The average Bonchev–Trinajstić information content (AvgIpc) is 2.51. The van der Waals surface area contributed by atoms with Crippen molar-refractivity contribution in [3.05, 3.63) is 0 Å². The number of amides is 2. The Bertz CT molecular complexity index is 462. The predicted molar refractivity (Wildman–Crippen MR) is 89.9 cm³/mol. The number of Topliss-reactive ketones (excluding diaryl/α,β-unsaturated/α-hetero) is 1. The number of ketones is 1. The van der Waals surface area contributed by atoms with Crippen LogP contribution in [0.2, 0.25) is 0 Å². The first-order valence-electron chi connectivity index (χ1n) is 8.46. The Hall–Kier alpha value is -1.72. The van der Waals surface area contributed by atoms with Crippen LogP contribution in [0.1, 0.15) is 66.2 Å². The van der Waals surface area contributed by atoms with Crippen molar-refractivity contribution in [3.63, 3.8) is 0 Å². The van der Waals surface area contributed by atoms with Crippen LogP contribution in [0.15, 0.2) is 5.10 Å². The summed E-state index contributed by atoms with van der Waals surface area (Å²) in [6.45, 7) is 7.36. The number of rotatable bonds is 7. The molecule has 0 aromatic heterocycles. The molecule has 1 saturated carbocycles. The Morgan fingerprint density at radius 2 is 1.70 bits per heavy atom. The van der Waals surface area contributed by atoms with Gasteiger partial charge >= 0.3 is 5.91 Å². The zero-order valence-electron chi connectivity index (χ0n) is 14.6. The van der Waals surface area contributed by atoms with Crippen molar-refractivity contribution in [1.82, 2.24) is 10.7 Å². The van der Waals surface area contributed by atoms with E-state index in [0.717, 1.165) is 32.1 Å². The topological polar surface area (TPSA) is 87.6 Å². The first kappa shape index (κ1) is 19.3. The highest BCUT2D eigenvalue weighted by atomic mass is 16.2. The summed E-state index contributed by atoms with van der Waals surface area (Å²) in [6.07, 6.45) is 5.42. The van der Waals surface area contributed by atoms with Gasteiger partial charge in [-0.05, 0) is 39.0 Å². The van der Waals surface area contributed by atoms with Crippen LogP contribution in [0.25, 0.3) is 0 Å². The van der Waals surface area contributed by atoms with Crippen LogP contribution in [0.3, 0.4) is 0 Å². The first-order chi connectivity index (χ1) is 10.8. The standard InChI is InChI=1S/C17H29N3O3/c1-11(2)10-14(15(21)17(23)20-19-12(3)4)18-16(22)13-8-6-5-7-9-13/h11,13-14H,5-10H2,1-4H3,(H,18,22)(H,20,23). The van der Waals surface area contributed by atoms with Gasteiger partial charge in [0, 0.05) is 11.6 Å². The van der Waals surface area contributed by atoms with Crippen LogP contribution in [-0.4, -0.2) is 29.4 Å². The van der Waals surface area contributed by atoms with E-state index in [4.69, 9.17) is 0 Å². The molecule has 6 heteroatoms. The lowest BCUT2D eigenvalue weighted by molar-refractivity contribution is -0.140. The summed E-state index contributed by atoms with van der Waals surface area (Å²) in [4.78, 5) is 36.6. The number of hydrogen-bond donors (Lipinski definition) is 2. The van der Waals surface area contributed by atoms with Gasteiger partial charge in [0.15, 0.2) is 0 Å². The molecule has 0 spiro atoms. The van der Waals surface area contributed by atoms with Crippen molar-refractivity contribution in [1.29, 1.82) is 0 Å². The molecule has 1 aliphatic carbocycles. The number of hydrazone groups is 1. The van der Waals surface area contributed by atoms with Crippen LogP contribution in [0, 0.1) is 11.8 Å². The van der Waals surface area contributed by atoms with Crippen LogP contribution < -0.4 is 10.7 Å². The summed E-state index contributed by atoms with van der Waals surface area (Å²) in [5, 5.41) is 6.55. The van der Waals surface area contributed by atoms with Crippen LogP contribution in [-0.2, 0) is 14.4 Å². The summed E-state index contributed by atoms with van der Waals surface area (Å²) >= 11 is 0. The zero-order chi connectivity index (χ0) is 17.4. The molecule has 0 bridgehead atoms. The van der Waals surface area contributed by atoms with E-state index < -0.39 is 17.7 Å². The van der Waals surface area contributed by atoms with Gasteiger partial charge in [-0.3, -0.25) is 14.4 Å². The second kappa shape index (κ2) is 9.43. The lowest BCUT2D eigenvalue weighted by atomic mass is 9.88. The maximum Gasteiger partial charge on any atom is 0.309 e. The normalized spacial score (nSPS) is 16.6. The monoisotopic (exact) mass is 323 g/mol. The summed E-state index contributed by atoms with van der Waals surface area (Å²) < 4.78 is 0. The summed E-state index contributed by atoms with van der Waals surface area (Å²) in [7, 11) is 0. The summed E-state index contributed by atoms with van der Waals surface area (Å²) in [5.41, 5.74) is 2.89. The molecule has 0 aliphatic heterocycles. The van der Waals surface area contributed by atoms with E-state index in [9.17, 15) is 14.4 Å². The molecule has 130 valence electrons. The molecule has 2 amide bonds. The molecule has 1 fully saturated rings. The van der Waals surface area contributed by atoms with Gasteiger partial charge in [-0.25, -0.2) is 5.43 Å². The third kappa shape index (κ3) is 6.93. The fourth-order valence-corrected chi connectivity index (χ4v) is 2.73. The van der Waals surface area contributed by atoms with Gasteiger partial charge < -0.3 is 5.32 Å². The van der Waals surface area contributed by atoms with E-state index in [1.807, 2.05) is 13.8 Å². The van der Waals surface area contributed by atoms with Crippen LogP contribution >= 0.6 is 0 Å². The van der Waals surface area contributed by atoms with Crippen molar-refractivity contribution in [2.24, 2.45) is 16.9 Å². The molecule has 0 radical (unpaired) electrons. The number of hydrogen-bond acceptors (Lipinski definition) is 4. The quantitative estimate of drug-likeness (QED) is 0.427. The molecule has 6 nitrogen and oxygen atoms in total. The Morgan fingerprint density at radius 1 is 1.09 bits per heavy atom. The second-order valence-electron chi connectivity index (χ2n) is 6.89. The highest BCUT2D eigenvalue weighted by Gasteiger charge is 2.30. The van der Waals surface area contributed by atoms with Gasteiger partial charge in [0.2, 0.25) is 11.7 Å². The molecule has 0 aromatic carbocycles. The highest BCUT2D eigenvalue weighted by Crippen LogP contribution is 2.24. The van der Waals surface area contributed by atoms with Crippen LogP contribution in [0.4, 0.5) is 0 Å². The molecular weight excluding hydrogens is 294 g/mol. The largest absolute Gasteiger partial charge is 0.345 e. The van der Waals surface area contributed by atoms with Crippen molar-refractivity contribution in [3.8, 4) is 0 Å². The lowest BCUT2D eigenvalue weighted by Gasteiger charge is -2.24. The van der Waals surface area contributed by atoms with Gasteiger partial charge in [-0.1, -0.05) is 33.1 Å². The third-order valence-corrected chi connectivity index (χ3v) is 3.92. The first-order valence-corrected chi connectivity index (χ1v) is 8.46. The smallest absolute Gasteiger partial charge is 0.309 e. The molecule has 0 heterocycles. The second-order valence-corrected chi connectivity index (χ2v) is 6.89. The fourth-order valence-electron chi connectivity index (χ4n) is 2.73. The van der Waals surface area contributed by atoms with Crippen molar-refractivity contribution < 1.29 is 14.4 Å². The molecule has 1 rings (SSSR count). The van der Waals surface area contributed by atoms with Gasteiger partial charge in [0.25, 0.3) is 0 Å². The van der Waals surface area contributed by atoms with Gasteiger partial charge in [0.05, 0.1) is 6.04 Å². The minimum atomic E-state index is -0.781. The number of nitrogens with one attached hydrogen (secondary N) is 2. The molecular formula is C17H29N3O3. The molecule has 1 unspecified atom stereocenters. The molecule has 2 N–H and O–H groups in total. The molecule has 0 aromatic rings. The molecule has 23 heavy (non-hydrogen) atoms. The third-order valence-electron chi connectivity index (χ3n) is 3.92. The van der Waals surface area contributed by atoms with E-state index in [0.29, 0.717) is 12.1 Å². The van der Waals surface area contributed by atoms with E-state index in [1.165, 1.54) is 0 Å². The molecule has 1 atom stereocenters. The van der Waals surface area contributed by atoms with E-state index >= 15 is 0 Å². The Balaban J connectivity index is 2.70. The summed E-state index contributed by atoms with van der Waals surface area (Å²) in [5.74, 6) is -1.36. The minimum absolute atomic E-state index is 0.0369. The number of carbonyl (C=O) groups is 3. The Labute approximate surface area is 138 Å². The number of nitrogens with zero attached hydrogens (tertiary/aromatic N) is 1. The maximum absolute atomic E-state index is 12.4. The van der Waals surface area contributed by atoms with Crippen molar-refractivity contribution in [2.45, 2.75) is 72.3 Å². The van der Waals surface area contributed by atoms with Gasteiger partial charge in [-0.15, -0.1) is 0 Å². The predicted octanol–water partition coefficient (Wildman–Crippen LogP) is 2.18. The Morgan fingerprint density at radius 3 is 2.22 bits per heavy atom. The minimum Gasteiger partial charge on any atom is -0.345 e. The lowest BCUT2D eigenvalue weighted by Crippen LogP contribution is -2.49. The molecule has 1 aliphatic rings. The van der Waals surface area contributed by atoms with E-state index in [-0.39, 0.29) is 17.7 Å². The molecule has 0 saturated heterocycles. The highest BCUT2D eigenvalue weighted by molar-refractivity contribution is 6.38. The fraction of sp³-hybridized carbons (Fsp3) is 0.765. The SMILES string of the molecule is CC(C)=NNC(=O)C(=O)C(CC(C)C)NC(=O)C1CCCCC1. The zero-order valence-corrected chi connectivity index (χ0v) is 14.6. The van der Waals surface area contributed by atoms with E-state index in [1.54, 1.807) is 13.8 Å². The maximum atomic E-state index is 12.4. The summed E-state index contributed by atoms with van der Waals surface area (Å²) in [6, 6.07) is -0.781. The Kier molecular flexibility index (Phi) is 7.92. The van der Waals surface area contributed by atoms with E-state index in [2.05, 4.69) is 15.8 Å². The van der Waals surface area contributed by atoms with Gasteiger partial charge in [-0.2, -0.15) is 5.10 Å².